The second kappa shape index (κ2) is 5.92. The predicted octanol–water partition coefficient (Wildman–Crippen LogP) is 2.88. The van der Waals surface area contributed by atoms with Gasteiger partial charge in [0.25, 0.3) is 0 Å². The molecular weight excluding hydrogens is 238 g/mol. The first-order chi connectivity index (χ1) is 8.94. The predicted molar refractivity (Wildman–Crippen MR) is 77.2 cm³/mol. The van der Waals surface area contributed by atoms with Gasteiger partial charge in [-0.3, -0.25) is 4.79 Å². The van der Waals surface area contributed by atoms with E-state index in [1.807, 2.05) is 0 Å². The van der Waals surface area contributed by atoms with Gasteiger partial charge in [-0.1, -0.05) is 27.2 Å². The summed E-state index contributed by atoms with van der Waals surface area (Å²) >= 11 is 0. The standard InChI is InChI=1S/C16H29NO2/c1-15(2,3)14(18)16(7-11-19-12-8-16)13-17-9-5-4-6-10-17/h4-13H2,1-3H3. The van der Waals surface area contributed by atoms with Crippen molar-refractivity contribution >= 4 is 5.78 Å². The number of piperidine rings is 1. The van der Waals surface area contributed by atoms with Crippen molar-refractivity contribution in [2.75, 3.05) is 32.8 Å². The van der Waals surface area contributed by atoms with Gasteiger partial charge in [-0.2, -0.15) is 0 Å². The normalized spacial score (nSPS) is 25.2. The summed E-state index contributed by atoms with van der Waals surface area (Å²) in [7, 11) is 0. The van der Waals surface area contributed by atoms with Crippen LogP contribution in [0, 0.1) is 10.8 Å². The molecule has 19 heavy (non-hydrogen) atoms. The minimum atomic E-state index is -0.243. The van der Waals surface area contributed by atoms with E-state index in [4.69, 9.17) is 4.74 Å². The zero-order valence-corrected chi connectivity index (χ0v) is 12.8. The Morgan fingerprint density at radius 2 is 1.68 bits per heavy atom. The highest BCUT2D eigenvalue weighted by atomic mass is 16.5. The van der Waals surface area contributed by atoms with Gasteiger partial charge in [-0.15, -0.1) is 0 Å². The summed E-state index contributed by atoms with van der Waals surface area (Å²) in [5.74, 6) is 0.439. The van der Waals surface area contributed by atoms with Crippen molar-refractivity contribution in [1.82, 2.24) is 4.90 Å². The summed E-state index contributed by atoms with van der Waals surface area (Å²) in [4.78, 5) is 15.4. The number of hydrogen-bond donors (Lipinski definition) is 0. The van der Waals surface area contributed by atoms with Crippen LogP contribution >= 0.6 is 0 Å². The number of carbonyl (C=O) groups is 1. The molecule has 2 heterocycles. The lowest BCUT2D eigenvalue weighted by Gasteiger charge is -2.43. The van der Waals surface area contributed by atoms with Gasteiger partial charge in [0.1, 0.15) is 5.78 Å². The molecule has 0 amide bonds. The molecule has 2 saturated heterocycles. The number of hydrogen-bond acceptors (Lipinski definition) is 3. The molecule has 0 radical (unpaired) electrons. The molecule has 2 aliphatic heterocycles. The van der Waals surface area contributed by atoms with Crippen LogP contribution in [0.25, 0.3) is 0 Å². The maximum atomic E-state index is 12.9. The summed E-state index contributed by atoms with van der Waals surface area (Å²) in [6.45, 7) is 11.0. The van der Waals surface area contributed by atoms with Crippen molar-refractivity contribution in [3.63, 3.8) is 0 Å². The monoisotopic (exact) mass is 267 g/mol. The second-order valence-electron chi connectivity index (χ2n) is 7.31. The molecule has 0 aromatic heterocycles. The van der Waals surface area contributed by atoms with Gasteiger partial charge in [0.05, 0.1) is 0 Å². The van der Waals surface area contributed by atoms with Gasteiger partial charge in [-0.05, 0) is 38.8 Å². The Labute approximate surface area is 117 Å². The van der Waals surface area contributed by atoms with Crippen LogP contribution in [-0.4, -0.2) is 43.5 Å². The first-order valence-corrected chi connectivity index (χ1v) is 7.79. The van der Waals surface area contributed by atoms with Crippen molar-refractivity contribution in [1.29, 1.82) is 0 Å². The highest BCUT2D eigenvalue weighted by molar-refractivity contribution is 5.89. The number of rotatable bonds is 3. The number of ketones is 1. The molecule has 110 valence electrons. The lowest BCUT2D eigenvalue weighted by atomic mass is 9.67. The number of carbonyl (C=O) groups excluding carboxylic acids is 1. The third kappa shape index (κ3) is 3.57. The summed E-state index contributed by atoms with van der Waals surface area (Å²) in [6, 6.07) is 0. The smallest absolute Gasteiger partial charge is 0.145 e. The average Bonchev–Trinajstić information content (AvgIpc) is 2.39. The number of nitrogens with zero attached hydrogens (tertiary/aromatic N) is 1. The number of likely N-dealkylation sites (tertiary alicyclic amines) is 1. The van der Waals surface area contributed by atoms with Crippen molar-refractivity contribution < 1.29 is 9.53 Å². The topological polar surface area (TPSA) is 29.5 Å². The fraction of sp³-hybridized carbons (Fsp3) is 0.938. The molecule has 2 fully saturated rings. The van der Waals surface area contributed by atoms with Gasteiger partial charge >= 0.3 is 0 Å². The van der Waals surface area contributed by atoms with Crippen LogP contribution < -0.4 is 0 Å². The zero-order valence-electron chi connectivity index (χ0n) is 12.8. The molecule has 3 heteroatoms. The summed E-state index contributed by atoms with van der Waals surface area (Å²) in [5, 5.41) is 0. The highest BCUT2D eigenvalue weighted by Gasteiger charge is 2.45. The Bertz CT molecular complexity index is 307. The molecule has 2 rings (SSSR count). The number of Topliss-reactive ketones (excluding diaryl/α,β-unsaturated/α-hetero) is 1. The SMILES string of the molecule is CC(C)(C)C(=O)C1(CN2CCCCC2)CCOCC1. The summed E-state index contributed by atoms with van der Waals surface area (Å²) < 4.78 is 5.51. The Kier molecular flexibility index (Phi) is 4.67. The van der Waals surface area contributed by atoms with Crippen LogP contribution in [0.2, 0.25) is 0 Å². The molecule has 2 aliphatic rings. The zero-order chi connectivity index (χ0) is 13.9. The van der Waals surface area contributed by atoms with Gasteiger partial charge in [0.15, 0.2) is 0 Å². The van der Waals surface area contributed by atoms with E-state index in [-0.39, 0.29) is 10.8 Å². The number of ether oxygens (including phenoxy) is 1. The third-order valence-corrected chi connectivity index (χ3v) is 4.59. The molecular formula is C16H29NO2. The molecule has 0 bridgehead atoms. The van der Waals surface area contributed by atoms with E-state index in [1.165, 1.54) is 32.4 Å². The maximum Gasteiger partial charge on any atom is 0.145 e. The van der Waals surface area contributed by atoms with Crippen LogP contribution in [0.3, 0.4) is 0 Å². The van der Waals surface area contributed by atoms with Gasteiger partial charge in [-0.25, -0.2) is 0 Å². The van der Waals surface area contributed by atoms with E-state index in [1.54, 1.807) is 0 Å². The van der Waals surface area contributed by atoms with Crippen LogP contribution in [0.1, 0.15) is 52.9 Å². The molecule has 0 atom stereocenters. The van der Waals surface area contributed by atoms with Gasteiger partial charge < -0.3 is 9.64 Å². The van der Waals surface area contributed by atoms with Crippen LogP contribution in [-0.2, 0) is 9.53 Å². The molecule has 0 unspecified atom stereocenters. The van der Waals surface area contributed by atoms with E-state index in [0.29, 0.717) is 5.78 Å². The van der Waals surface area contributed by atoms with Crippen LogP contribution in [0.15, 0.2) is 0 Å². The van der Waals surface area contributed by atoms with E-state index in [2.05, 4.69) is 25.7 Å². The largest absolute Gasteiger partial charge is 0.381 e. The van der Waals surface area contributed by atoms with Crippen molar-refractivity contribution in [2.45, 2.75) is 52.9 Å². The highest BCUT2D eigenvalue weighted by Crippen LogP contribution is 2.39. The van der Waals surface area contributed by atoms with E-state index < -0.39 is 0 Å². The summed E-state index contributed by atoms with van der Waals surface area (Å²) in [6.07, 6.45) is 5.73. The molecule has 3 nitrogen and oxygen atoms in total. The fourth-order valence-electron chi connectivity index (χ4n) is 3.56. The Balaban J connectivity index is 2.11. The van der Waals surface area contributed by atoms with E-state index >= 15 is 0 Å². The lowest BCUT2D eigenvalue weighted by molar-refractivity contribution is -0.144. The first-order valence-electron chi connectivity index (χ1n) is 7.79. The minimum absolute atomic E-state index is 0.159. The van der Waals surface area contributed by atoms with Crippen molar-refractivity contribution in [3.05, 3.63) is 0 Å². The molecule has 0 saturated carbocycles. The maximum absolute atomic E-state index is 12.9. The minimum Gasteiger partial charge on any atom is -0.381 e. The molecule has 0 aromatic carbocycles. The third-order valence-electron chi connectivity index (χ3n) is 4.59. The Morgan fingerprint density at radius 3 is 2.21 bits per heavy atom. The summed E-state index contributed by atoms with van der Waals surface area (Å²) in [5.41, 5.74) is -0.402. The van der Waals surface area contributed by atoms with Crippen LogP contribution in [0.5, 0.6) is 0 Å². The van der Waals surface area contributed by atoms with Gasteiger partial charge in [0.2, 0.25) is 0 Å². The Hall–Kier alpha value is -0.410. The Morgan fingerprint density at radius 1 is 1.11 bits per heavy atom. The molecule has 0 aromatic rings. The van der Waals surface area contributed by atoms with Crippen molar-refractivity contribution in [3.8, 4) is 0 Å². The second-order valence-corrected chi connectivity index (χ2v) is 7.31. The van der Waals surface area contributed by atoms with E-state index in [9.17, 15) is 4.79 Å². The van der Waals surface area contributed by atoms with Crippen LogP contribution in [0.4, 0.5) is 0 Å². The quantitative estimate of drug-likeness (QED) is 0.787. The lowest BCUT2D eigenvalue weighted by Crippen LogP contribution is -2.51. The molecule has 0 aliphatic carbocycles. The van der Waals surface area contributed by atoms with Gasteiger partial charge in [0, 0.05) is 30.6 Å². The molecule has 0 spiro atoms. The van der Waals surface area contributed by atoms with Crippen molar-refractivity contribution in [2.24, 2.45) is 10.8 Å². The molecule has 0 N–H and O–H groups in total. The fourth-order valence-corrected chi connectivity index (χ4v) is 3.56. The van der Waals surface area contributed by atoms with E-state index in [0.717, 1.165) is 32.6 Å². The first kappa shape index (κ1) is 15.0. The average molecular weight is 267 g/mol.